The molecule has 0 N–H and O–H groups in total. The van der Waals surface area contributed by atoms with Gasteiger partial charge in [-0.3, -0.25) is 4.79 Å². The summed E-state index contributed by atoms with van der Waals surface area (Å²) in [6.07, 6.45) is 0.779. The van der Waals surface area contributed by atoms with Crippen LogP contribution in [0, 0.1) is 20.8 Å². The quantitative estimate of drug-likeness (QED) is 0.402. The van der Waals surface area contributed by atoms with Gasteiger partial charge in [0.25, 0.3) is 5.91 Å². The van der Waals surface area contributed by atoms with E-state index in [9.17, 15) is 4.79 Å². The summed E-state index contributed by atoms with van der Waals surface area (Å²) < 4.78 is 11.1. The van der Waals surface area contributed by atoms with Crippen molar-refractivity contribution in [3.63, 3.8) is 0 Å². The smallest absolute Gasteiger partial charge is 0.254 e. The molecule has 0 aliphatic rings. The van der Waals surface area contributed by atoms with E-state index in [0.29, 0.717) is 31.9 Å². The highest BCUT2D eigenvalue weighted by atomic mass is 32.1. The summed E-state index contributed by atoms with van der Waals surface area (Å²) >= 11 is 1.56. The topological polar surface area (TPSA) is 51.7 Å². The molecule has 0 saturated heterocycles. The normalized spacial score (nSPS) is 10.8. The highest BCUT2D eigenvalue weighted by molar-refractivity contribution is 7.09. The first-order valence-electron chi connectivity index (χ1n) is 10.4. The second-order valence-corrected chi connectivity index (χ2v) is 8.65. The van der Waals surface area contributed by atoms with Gasteiger partial charge in [-0.15, -0.1) is 11.3 Å². The van der Waals surface area contributed by atoms with Crippen LogP contribution >= 0.6 is 11.3 Å². The Balaban J connectivity index is 1.65. The number of aryl methyl sites for hydroxylation is 3. The zero-order chi connectivity index (χ0) is 22.2. The second kappa shape index (κ2) is 11.1. The van der Waals surface area contributed by atoms with Crippen LogP contribution in [0.25, 0.3) is 0 Å². The minimum Gasteiger partial charge on any atom is -0.486 e. The molecule has 2 aromatic carbocycles. The van der Waals surface area contributed by atoms with Crippen LogP contribution in [0.5, 0.6) is 5.75 Å². The van der Waals surface area contributed by atoms with E-state index in [4.69, 9.17) is 14.5 Å². The summed E-state index contributed by atoms with van der Waals surface area (Å²) in [7, 11) is 1.68. The number of carbonyl (C=O) groups is 1. The minimum atomic E-state index is 0.0146. The Morgan fingerprint density at radius 2 is 1.94 bits per heavy atom. The van der Waals surface area contributed by atoms with Crippen LogP contribution in [0.1, 0.15) is 44.2 Å². The molecular formula is C25H30N2O3S. The van der Waals surface area contributed by atoms with E-state index in [1.54, 1.807) is 18.4 Å². The van der Waals surface area contributed by atoms with Gasteiger partial charge in [0.05, 0.1) is 12.2 Å². The standard InChI is InChI=1S/C25H30N2O3S/c1-18-7-5-8-21(13-18)25(28)27(11-6-12-29-4)15-22-17-31-24(26-22)16-30-23-10-9-19(2)20(3)14-23/h5,7-10,13-14,17H,6,11-12,15-16H2,1-4H3. The highest BCUT2D eigenvalue weighted by Crippen LogP contribution is 2.20. The third-order valence-corrected chi connectivity index (χ3v) is 5.99. The maximum Gasteiger partial charge on any atom is 0.254 e. The molecule has 1 aromatic heterocycles. The predicted octanol–water partition coefficient (Wildman–Crippen LogP) is 5.33. The van der Waals surface area contributed by atoms with E-state index in [-0.39, 0.29) is 5.91 Å². The van der Waals surface area contributed by atoms with Gasteiger partial charge in [0.1, 0.15) is 17.4 Å². The molecule has 1 amide bonds. The summed E-state index contributed by atoms with van der Waals surface area (Å²) in [5.74, 6) is 0.858. The molecule has 6 heteroatoms. The number of hydrogen-bond acceptors (Lipinski definition) is 5. The Hall–Kier alpha value is -2.70. The van der Waals surface area contributed by atoms with Gasteiger partial charge < -0.3 is 14.4 Å². The van der Waals surface area contributed by atoms with E-state index in [1.165, 1.54) is 11.1 Å². The van der Waals surface area contributed by atoms with Gasteiger partial charge in [-0.1, -0.05) is 23.8 Å². The molecule has 3 rings (SSSR count). The maximum absolute atomic E-state index is 13.1. The van der Waals surface area contributed by atoms with Crippen molar-refractivity contribution >= 4 is 17.2 Å². The van der Waals surface area contributed by atoms with E-state index in [1.807, 2.05) is 53.6 Å². The monoisotopic (exact) mass is 438 g/mol. The lowest BCUT2D eigenvalue weighted by atomic mass is 10.1. The summed E-state index contributed by atoms with van der Waals surface area (Å²) in [6.45, 7) is 8.28. The van der Waals surface area contributed by atoms with E-state index in [0.717, 1.165) is 28.4 Å². The fourth-order valence-electron chi connectivity index (χ4n) is 3.24. The van der Waals surface area contributed by atoms with Gasteiger partial charge in [0.2, 0.25) is 0 Å². The number of amides is 1. The number of nitrogens with zero attached hydrogens (tertiary/aromatic N) is 2. The highest BCUT2D eigenvalue weighted by Gasteiger charge is 2.17. The zero-order valence-electron chi connectivity index (χ0n) is 18.7. The summed E-state index contributed by atoms with van der Waals surface area (Å²) in [6, 6.07) is 13.8. The Kier molecular flexibility index (Phi) is 8.20. The lowest BCUT2D eigenvalue weighted by Gasteiger charge is -2.22. The van der Waals surface area contributed by atoms with Gasteiger partial charge in [-0.2, -0.15) is 0 Å². The van der Waals surface area contributed by atoms with Crippen molar-refractivity contribution in [3.8, 4) is 5.75 Å². The van der Waals surface area contributed by atoms with Crippen molar-refractivity contribution in [3.05, 3.63) is 80.8 Å². The Morgan fingerprint density at radius 1 is 1.10 bits per heavy atom. The third-order valence-electron chi connectivity index (χ3n) is 5.12. The number of aromatic nitrogens is 1. The average molecular weight is 439 g/mol. The predicted molar refractivity (Wildman–Crippen MR) is 125 cm³/mol. The van der Waals surface area contributed by atoms with Gasteiger partial charge in [-0.05, 0) is 62.6 Å². The summed E-state index contributed by atoms with van der Waals surface area (Å²) in [5, 5.41) is 2.90. The molecule has 1 heterocycles. The maximum atomic E-state index is 13.1. The van der Waals surface area contributed by atoms with Crippen LogP contribution in [0.3, 0.4) is 0 Å². The average Bonchev–Trinajstić information content (AvgIpc) is 3.21. The molecule has 164 valence electrons. The SMILES string of the molecule is COCCCN(Cc1csc(COc2ccc(C)c(C)c2)n1)C(=O)c1cccc(C)c1. The lowest BCUT2D eigenvalue weighted by Crippen LogP contribution is -2.32. The molecule has 0 atom stereocenters. The number of ether oxygens (including phenoxy) is 2. The van der Waals surface area contributed by atoms with Crippen molar-refractivity contribution in [1.29, 1.82) is 0 Å². The van der Waals surface area contributed by atoms with Crippen LogP contribution < -0.4 is 4.74 Å². The number of methoxy groups -OCH3 is 1. The second-order valence-electron chi connectivity index (χ2n) is 7.71. The Morgan fingerprint density at radius 3 is 2.68 bits per heavy atom. The largest absolute Gasteiger partial charge is 0.486 e. The van der Waals surface area contributed by atoms with Gasteiger partial charge in [-0.25, -0.2) is 4.98 Å². The van der Waals surface area contributed by atoms with E-state index in [2.05, 4.69) is 19.9 Å². The fourth-order valence-corrected chi connectivity index (χ4v) is 3.94. The van der Waals surface area contributed by atoms with Crippen LogP contribution in [-0.2, 0) is 17.9 Å². The molecule has 0 radical (unpaired) electrons. The molecule has 0 aliphatic heterocycles. The summed E-state index contributed by atoms with van der Waals surface area (Å²) in [5.41, 5.74) is 5.10. The summed E-state index contributed by atoms with van der Waals surface area (Å²) in [4.78, 5) is 19.6. The van der Waals surface area contributed by atoms with E-state index >= 15 is 0 Å². The molecule has 31 heavy (non-hydrogen) atoms. The molecule has 5 nitrogen and oxygen atoms in total. The number of hydrogen-bond donors (Lipinski definition) is 0. The molecule has 3 aromatic rings. The van der Waals surface area contributed by atoms with Crippen LogP contribution in [-0.4, -0.2) is 36.1 Å². The van der Waals surface area contributed by atoms with Crippen molar-refractivity contribution in [2.75, 3.05) is 20.3 Å². The molecular weight excluding hydrogens is 408 g/mol. The number of carbonyl (C=O) groups excluding carboxylic acids is 1. The van der Waals surface area contributed by atoms with E-state index < -0.39 is 0 Å². The van der Waals surface area contributed by atoms with Crippen LogP contribution in [0.2, 0.25) is 0 Å². The number of benzene rings is 2. The molecule has 0 unspecified atom stereocenters. The minimum absolute atomic E-state index is 0.0146. The van der Waals surface area contributed by atoms with Crippen molar-refractivity contribution in [2.45, 2.75) is 40.3 Å². The lowest BCUT2D eigenvalue weighted by molar-refractivity contribution is 0.0721. The van der Waals surface area contributed by atoms with Crippen molar-refractivity contribution < 1.29 is 14.3 Å². The fraction of sp³-hybridized carbons (Fsp3) is 0.360. The van der Waals surface area contributed by atoms with Gasteiger partial charge >= 0.3 is 0 Å². The molecule has 0 spiro atoms. The van der Waals surface area contributed by atoms with Crippen LogP contribution in [0.15, 0.2) is 47.8 Å². The first-order valence-corrected chi connectivity index (χ1v) is 11.3. The first-order chi connectivity index (χ1) is 15.0. The number of rotatable bonds is 10. The number of thiazole rings is 1. The molecule has 0 aliphatic carbocycles. The van der Waals surface area contributed by atoms with Crippen molar-refractivity contribution in [2.24, 2.45) is 0 Å². The van der Waals surface area contributed by atoms with Crippen molar-refractivity contribution in [1.82, 2.24) is 9.88 Å². The zero-order valence-corrected chi connectivity index (χ0v) is 19.5. The Bertz CT molecular complexity index is 1020. The molecule has 0 saturated carbocycles. The first kappa shape index (κ1) is 23.0. The molecule has 0 bridgehead atoms. The third kappa shape index (κ3) is 6.64. The van der Waals surface area contributed by atoms with Gasteiger partial charge in [0.15, 0.2) is 0 Å². The Labute approximate surface area is 188 Å². The molecule has 0 fully saturated rings. The van der Waals surface area contributed by atoms with Gasteiger partial charge in [0, 0.05) is 31.2 Å². The van der Waals surface area contributed by atoms with Crippen LogP contribution in [0.4, 0.5) is 0 Å².